The van der Waals surface area contributed by atoms with Crippen LogP contribution in [0.2, 0.25) is 0 Å². The van der Waals surface area contributed by atoms with Gasteiger partial charge in [-0.3, -0.25) is 0 Å². The van der Waals surface area contributed by atoms with Crippen molar-refractivity contribution in [3.05, 3.63) is 65.7 Å². The summed E-state index contributed by atoms with van der Waals surface area (Å²) < 4.78 is 5.51. The fraction of sp³-hybridized carbons (Fsp3) is 0.364. The van der Waals surface area contributed by atoms with E-state index in [2.05, 4.69) is 42.5 Å². The van der Waals surface area contributed by atoms with Gasteiger partial charge in [0.1, 0.15) is 5.75 Å². The van der Waals surface area contributed by atoms with E-state index < -0.39 is 0 Å². The van der Waals surface area contributed by atoms with E-state index in [1.165, 1.54) is 42.4 Å². The summed E-state index contributed by atoms with van der Waals surface area (Å²) >= 11 is 5.70. The van der Waals surface area contributed by atoms with Crippen molar-refractivity contribution in [2.75, 3.05) is 6.61 Å². The molecule has 1 aliphatic rings. The maximum absolute atomic E-state index is 5.70. The molecule has 0 aliphatic heterocycles. The smallest absolute Gasteiger partial charge is 0.119 e. The molecule has 0 unspecified atom stereocenters. The quantitative estimate of drug-likeness (QED) is 0.583. The molecule has 0 saturated heterocycles. The molecule has 1 aliphatic carbocycles. The minimum Gasteiger partial charge on any atom is -0.494 e. The van der Waals surface area contributed by atoms with Crippen molar-refractivity contribution in [2.24, 2.45) is 5.92 Å². The minimum atomic E-state index is 0.668. The van der Waals surface area contributed by atoms with Crippen LogP contribution in [-0.2, 0) is 0 Å². The maximum atomic E-state index is 5.70. The molecule has 0 N–H and O–H groups in total. The maximum Gasteiger partial charge on any atom is 0.119 e. The molecule has 1 nitrogen and oxygen atoms in total. The van der Waals surface area contributed by atoms with Gasteiger partial charge in [0.05, 0.1) is 6.61 Å². The molecular weight excluding hydrogens is 316 g/mol. The lowest BCUT2D eigenvalue weighted by molar-refractivity contribution is 0.340. The van der Waals surface area contributed by atoms with Crippen molar-refractivity contribution in [1.82, 2.24) is 0 Å². The third-order valence-corrected chi connectivity index (χ3v) is 5.14. The highest BCUT2D eigenvalue weighted by Gasteiger charge is 2.20. The van der Waals surface area contributed by atoms with Gasteiger partial charge in [0.15, 0.2) is 0 Å². The number of halogens is 1. The lowest BCUT2D eigenvalue weighted by Gasteiger charge is -2.27. The highest BCUT2D eigenvalue weighted by molar-refractivity contribution is 6.25. The third kappa shape index (κ3) is 4.21. The number of rotatable bonds is 5. The van der Waals surface area contributed by atoms with E-state index in [0.717, 1.165) is 5.75 Å². The molecule has 24 heavy (non-hydrogen) atoms. The Bertz CT molecular complexity index is 649. The van der Waals surface area contributed by atoms with Gasteiger partial charge in [0.2, 0.25) is 0 Å². The summed E-state index contributed by atoms with van der Waals surface area (Å²) in [7, 11) is 0. The van der Waals surface area contributed by atoms with Crippen LogP contribution in [0.3, 0.4) is 0 Å². The fourth-order valence-corrected chi connectivity index (χ4v) is 3.81. The zero-order valence-corrected chi connectivity index (χ0v) is 15.0. The van der Waals surface area contributed by atoms with E-state index in [4.69, 9.17) is 16.3 Å². The van der Waals surface area contributed by atoms with Crippen molar-refractivity contribution >= 4 is 11.6 Å². The number of hydrogen-bond acceptors (Lipinski definition) is 1. The first kappa shape index (κ1) is 17.1. The van der Waals surface area contributed by atoms with Gasteiger partial charge >= 0.3 is 0 Å². The minimum absolute atomic E-state index is 0.668. The summed E-state index contributed by atoms with van der Waals surface area (Å²) in [6.45, 7) is 2.71. The van der Waals surface area contributed by atoms with Gasteiger partial charge in [-0.15, -0.1) is 0 Å². The molecule has 126 valence electrons. The van der Waals surface area contributed by atoms with E-state index in [1.807, 2.05) is 19.1 Å². The number of hydrogen-bond donors (Lipinski definition) is 0. The topological polar surface area (TPSA) is 9.23 Å². The van der Waals surface area contributed by atoms with E-state index in [0.29, 0.717) is 18.4 Å². The van der Waals surface area contributed by atoms with Crippen molar-refractivity contribution in [2.45, 2.75) is 38.5 Å². The lowest BCUT2D eigenvalue weighted by atomic mass is 9.78. The molecule has 0 bridgehead atoms. The van der Waals surface area contributed by atoms with Crippen LogP contribution in [0.5, 0.6) is 5.75 Å². The predicted octanol–water partition coefficient (Wildman–Crippen LogP) is 6.78. The second kappa shape index (κ2) is 8.39. The Labute approximate surface area is 150 Å². The SMILES string of the molecule is CCOc1ccc(-c2ccc([C@H]3CC[C@H](/C=C/Cl)CC3)cc2)cc1. The molecule has 2 heteroatoms. The molecule has 0 atom stereocenters. The Morgan fingerprint density at radius 1 is 0.917 bits per heavy atom. The summed E-state index contributed by atoms with van der Waals surface area (Å²) in [4.78, 5) is 0. The molecule has 3 rings (SSSR count). The summed E-state index contributed by atoms with van der Waals surface area (Å²) in [5.74, 6) is 2.29. The van der Waals surface area contributed by atoms with Gasteiger partial charge in [-0.05, 0) is 73.3 Å². The predicted molar refractivity (Wildman–Crippen MR) is 103 cm³/mol. The summed E-state index contributed by atoms with van der Waals surface area (Å²) in [6, 6.07) is 17.4. The molecular formula is C22H25ClO. The summed E-state index contributed by atoms with van der Waals surface area (Å²) in [5.41, 5.74) is 5.65. The second-order valence-electron chi connectivity index (χ2n) is 6.51. The number of ether oxygens (including phenoxy) is 1. The van der Waals surface area contributed by atoms with Crippen LogP contribution in [0.25, 0.3) is 11.1 Å². The van der Waals surface area contributed by atoms with E-state index >= 15 is 0 Å². The summed E-state index contributed by atoms with van der Waals surface area (Å²) in [5, 5.41) is 0. The second-order valence-corrected chi connectivity index (χ2v) is 6.76. The average Bonchev–Trinajstić information content (AvgIpc) is 2.64. The first-order chi connectivity index (χ1) is 11.8. The Balaban J connectivity index is 1.65. The lowest BCUT2D eigenvalue weighted by Crippen LogP contribution is -2.11. The molecule has 0 heterocycles. The summed E-state index contributed by atoms with van der Waals surface area (Å²) in [6.07, 6.45) is 7.15. The van der Waals surface area contributed by atoms with Gasteiger partial charge in [-0.1, -0.05) is 54.1 Å². The molecule has 0 radical (unpaired) electrons. The number of benzene rings is 2. The van der Waals surface area contributed by atoms with Crippen LogP contribution in [0.4, 0.5) is 0 Å². The van der Waals surface area contributed by atoms with Gasteiger partial charge in [-0.25, -0.2) is 0 Å². The zero-order valence-electron chi connectivity index (χ0n) is 14.2. The largest absolute Gasteiger partial charge is 0.494 e. The molecule has 0 spiro atoms. The number of allylic oxidation sites excluding steroid dienone is 1. The van der Waals surface area contributed by atoms with Crippen molar-refractivity contribution in [3.8, 4) is 16.9 Å². The monoisotopic (exact) mass is 340 g/mol. The third-order valence-electron chi connectivity index (χ3n) is 5.00. The van der Waals surface area contributed by atoms with Crippen LogP contribution < -0.4 is 4.74 Å². The highest BCUT2D eigenvalue weighted by Crippen LogP contribution is 2.37. The zero-order chi connectivity index (χ0) is 16.8. The highest BCUT2D eigenvalue weighted by atomic mass is 35.5. The molecule has 1 fully saturated rings. The normalized spacial score (nSPS) is 21.1. The molecule has 1 saturated carbocycles. The van der Waals surface area contributed by atoms with Crippen LogP contribution in [0.1, 0.15) is 44.1 Å². The van der Waals surface area contributed by atoms with Gasteiger partial charge in [0, 0.05) is 5.54 Å². The Morgan fingerprint density at radius 3 is 2.04 bits per heavy atom. The van der Waals surface area contributed by atoms with Gasteiger partial charge in [0.25, 0.3) is 0 Å². The molecule has 0 aromatic heterocycles. The van der Waals surface area contributed by atoms with Crippen LogP contribution in [0.15, 0.2) is 60.1 Å². The van der Waals surface area contributed by atoms with Crippen LogP contribution >= 0.6 is 11.6 Å². The van der Waals surface area contributed by atoms with Crippen molar-refractivity contribution < 1.29 is 4.74 Å². The Kier molecular flexibility index (Phi) is 5.98. The van der Waals surface area contributed by atoms with Crippen molar-refractivity contribution in [3.63, 3.8) is 0 Å². The van der Waals surface area contributed by atoms with Crippen LogP contribution in [-0.4, -0.2) is 6.61 Å². The van der Waals surface area contributed by atoms with Gasteiger partial charge in [-0.2, -0.15) is 0 Å². The molecule has 0 amide bonds. The molecule has 2 aromatic rings. The first-order valence-electron chi connectivity index (χ1n) is 8.90. The van der Waals surface area contributed by atoms with E-state index in [1.54, 1.807) is 5.54 Å². The Morgan fingerprint density at radius 2 is 1.50 bits per heavy atom. The first-order valence-corrected chi connectivity index (χ1v) is 9.34. The van der Waals surface area contributed by atoms with Gasteiger partial charge < -0.3 is 4.74 Å². The molecule has 2 aromatic carbocycles. The Hall–Kier alpha value is -1.73. The fourth-order valence-electron chi connectivity index (χ4n) is 3.61. The van der Waals surface area contributed by atoms with Crippen LogP contribution in [0, 0.1) is 5.92 Å². The standard InChI is InChI=1S/C22H25ClO/c1-2-24-22-13-11-21(12-14-22)20-9-7-19(8-10-20)18-5-3-17(4-6-18)15-16-23/h7-18H,2-6H2,1H3/b16-15+/t17-,18-. The average molecular weight is 341 g/mol. The van der Waals surface area contributed by atoms with E-state index in [-0.39, 0.29) is 0 Å². The van der Waals surface area contributed by atoms with E-state index in [9.17, 15) is 0 Å². The van der Waals surface area contributed by atoms with Crippen molar-refractivity contribution in [1.29, 1.82) is 0 Å².